The minimum atomic E-state index is 0.125. The lowest BCUT2D eigenvalue weighted by Gasteiger charge is -2.34. The van der Waals surface area contributed by atoms with Gasteiger partial charge in [0.2, 0.25) is 5.91 Å². The van der Waals surface area contributed by atoms with Gasteiger partial charge in [-0.25, -0.2) is 0 Å². The number of hydrogen-bond acceptors (Lipinski definition) is 3. The van der Waals surface area contributed by atoms with E-state index in [0.717, 1.165) is 25.8 Å². The molecule has 0 spiro atoms. The molecule has 1 aliphatic heterocycles. The van der Waals surface area contributed by atoms with Gasteiger partial charge in [0, 0.05) is 25.9 Å². The summed E-state index contributed by atoms with van der Waals surface area (Å²) in [5.41, 5.74) is 0.697. The van der Waals surface area contributed by atoms with Gasteiger partial charge in [0.05, 0.1) is 5.71 Å². The number of carbonyl (C=O) groups excluding carboxylic acids is 1. The van der Waals surface area contributed by atoms with E-state index in [2.05, 4.69) is 5.16 Å². The standard InChI is InChI=1S/C10H18N2O2/c1-8(11-14)7-10-5-3-4-6-12(10)9(2)13/h10,14H,3-7H2,1-2H3/b11-8+/t10-/m0/s1. The van der Waals surface area contributed by atoms with Crippen molar-refractivity contribution in [2.75, 3.05) is 6.54 Å². The topological polar surface area (TPSA) is 52.9 Å². The highest BCUT2D eigenvalue weighted by molar-refractivity contribution is 5.82. The second kappa shape index (κ2) is 4.98. The molecule has 1 heterocycles. The van der Waals surface area contributed by atoms with Crippen LogP contribution in [0.5, 0.6) is 0 Å². The Morgan fingerprint density at radius 3 is 2.79 bits per heavy atom. The summed E-state index contributed by atoms with van der Waals surface area (Å²) in [7, 11) is 0. The number of carbonyl (C=O) groups is 1. The van der Waals surface area contributed by atoms with E-state index in [1.165, 1.54) is 0 Å². The molecule has 1 aliphatic rings. The first-order valence-electron chi connectivity index (χ1n) is 5.10. The van der Waals surface area contributed by atoms with Gasteiger partial charge in [-0.1, -0.05) is 5.16 Å². The second-order valence-electron chi connectivity index (χ2n) is 3.90. The van der Waals surface area contributed by atoms with Crippen molar-refractivity contribution in [3.05, 3.63) is 0 Å². The number of nitrogens with zero attached hydrogens (tertiary/aromatic N) is 2. The highest BCUT2D eigenvalue weighted by Gasteiger charge is 2.24. The second-order valence-corrected chi connectivity index (χ2v) is 3.90. The van der Waals surface area contributed by atoms with Crippen LogP contribution in [0.4, 0.5) is 0 Å². The van der Waals surface area contributed by atoms with Crippen molar-refractivity contribution in [1.29, 1.82) is 0 Å². The molecule has 4 heteroatoms. The number of rotatable bonds is 2. The average molecular weight is 198 g/mol. The van der Waals surface area contributed by atoms with Crippen LogP contribution in [-0.2, 0) is 4.79 Å². The van der Waals surface area contributed by atoms with E-state index in [-0.39, 0.29) is 11.9 Å². The SMILES string of the molecule is CC(=O)N1CCCC[C@H]1C/C(C)=N/O. The molecule has 1 rings (SSSR count). The smallest absolute Gasteiger partial charge is 0.219 e. The molecular formula is C10H18N2O2. The van der Waals surface area contributed by atoms with Crippen molar-refractivity contribution in [3.63, 3.8) is 0 Å². The molecule has 0 unspecified atom stereocenters. The molecule has 1 fully saturated rings. The van der Waals surface area contributed by atoms with Crippen molar-refractivity contribution in [2.24, 2.45) is 5.16 Å². The van der Waals surface area contributed by atoms with Crippen molar-refractivity contribution in [1.82, 2.24) is 4.90 Å². The van der Waals surface area contributed by atoms with Gasteiger partial charge in [0.25, 0.3) is 0 Å². The van der Waals surface area contributed by atoms with Gasteiger partial charge >= 0.3 is 0 Å². The fourth-order valence-corrected chi connectivity index (χ4v) is 2.01. The van der Waals surface area contributed by atoms with Crippen LogP contribution < -0.4 is 0 Å². The van der Waals surface area contributed by atoms with E-state index < -0.39 is 0 Å². The molecule has 0 bridgehead atoms. The summed E-state index contributed by atoms with van der Waals surface area (Å²) in [6, 6.07) is 0.233. The van der Waals surface area contributed by atoms with Crippen LogP contribution in [0.15, 0.2) is 5.16 Å². The summed E-state index contributed by atoms with van der Waals surface area (Å²) in [6.45, 7) is 4.23. The molecule has 0 aromatic carbocycles. The Labute approximate surface area is 84.6 Å². The van der Waals surface area contributed by atoms with Crippen molar-refractivity contribution in [2.45, 2.75) is 45.6 Å². The van der Waals surface area contributed by atoms with E-state index in [4.69, 9.17) is 5.21 Å². The summed E-state index contributed by atoms with van der Waals surface area (Å²) in [4.78, 5) is 13.2. The van der Waals surface area contributed by atoms with Gasteiger partial charge in [-0.15, -0.1) is 0 Å². The minimum Gasteiger partial charge on any atom is -0.411 e. The quantitative estimate of drug-likeness (QED) is 0.416. The Morgan fingerprint density at radius 1 is 1.50 bits per heavy atom. The van der Waals surface area contributed by atoms with Crippen molar-refractivity contribution >= 4 is 11.6 Å². The number of oxime groups is 1. The number of hydrogen-bond donors (Lipinski definition) is 1. The third-order valence-corrected chi connectivity index (χ3v) is 2.73. The Bertz CT molecular complexity index is 238. The highest BCUT2D eigenvalue weighted by Crippen LogP contribution is 2.20. The van der Waals surface area contributed by atoms with Gasteiger partial charge in [-0.05, 0) is 26.2 Å². The van der Waals surface area contributed by atoms with Gasteiger partial charge < -0.3 is 10.1 Å². The third kappa shape index (κ3) is 2.72. The van der Waals surface area contributed by atoms with Crippen LogP contribution in [0.2, 0.25) is 0 Å². The molecule has 0 saturated carbocycles. The molecule has 0 aliphatic carbocycles. The summed E-state index contributed by atoms with van der Waals surface area (Å²) in [5.74, 6) is 0.125. The molecule has 0 aromatic heterocycles. The zero-order valence-electron chi connectivity index (χ0n) is 8.86. The number of piperidine rings is 1. The van der Waals surface area contributed by atoms with Crippen LogP contribution >= 0.6 is 0 Å². The molecule has 4 nitrogen and oxygen atoms in total. The van der Waals surface area contributed by atoms with Crippen molar-refractivity contribution in [3.8, 4) is 0 Å². The Morgan fingerprint density at radius 2 is 2.21 bits per heavy atom. The first-order chi connectivity index (χ1) is 6.65. The summed E-state index contributed by atoms with van der Waals surface area (Å²) < 4.78 is 0. The van der Waals surface area contributed by atoms with Crippen LogP contribution in [0.3, 0.4) is 0 Å². The predicted octanol–water partition coefficient (Wildman–Crippen LogP) is 1.63. The Kier molecular flexibility index (Phi) is 3.92. The fourth-order valence-electron chi connectivity index (χ4n) is 2.01. The van der Waals surface area contributed by atoms with Crippen LogP contribution in [-0.4, -0.2) is 34.3 Å². The number of likely N-dealkylation sites (tertiary alicyclic amines) is 1. The normalized spacial score (nSPS) is 23.7. The lowest BCUT2D eigenvalue weighted by Crippen LogP contribution is -2.43. The molecular weight excluding hydrogens is 180 g/mol. The summed E-state index contributed by atoms with van der Waals surface area (Å²) >= 11 is 0. The highest BCUT2D eigenvalue weighted by atomic mass is 16.4. The van der Waals surface area contributed by atoms with E-state index in [9.17, 15) is 4.79 Å². The molecule has 1 N–H and O–H groups in total. The van der Waals surface area contributed by atoms with Gasteiger partial charge in [0.1, 0.15) is 0 Å². The maximum atomic E-state index is 11.3. The lowest BCUT2D eigenvalue weighted by atomic mass is 9.97. The van der Waals surface area contributed by atoms with Gasteiger partial charge in [-0.2, -0.15) is 0 Å². The van der Waals surface area contributed by atoms with E-state index in [1.807, 2.05) is 4.90 Å². The van der Waals surface area contributed by atoms with E-state index in [0.29, 0.717) is 12.1 Å². The molecule has 0 radical (unpaired) electrons. The first-order valence-corrected chi connectivity index (χ1v) is 5.10. The minimum absolute atomic E-state index is 0.125. The number of amides is 1. The van der Waals surface area contributed by atoms with Gasteiger partial charge in [-0.3, -0.25) is 4.79 Å². The Hall–Kier alpha value is -1.06. The fraction of sp³-hybridized carbons (Fsp3) is 0.800. The van der Waals surface area contributed by atoms with Crippen LogP contribution in [0, 0.1) is 0 Å². The largest absolute Gasteiger partial charge is 0.411 e. The maximum absolute atomic E-state index is 11.3. The van der Waals surface area contributed by atoms with Crippen LogP contribution in [0.25, 0.3) is 0 Å². The average Bonchev–Trinajstić information content (AvgIpc) is 2.18. The first kappa shape index (κ1) is 11.0. The van der Waals surface area contributed by atoms with Gasteiger partial charge in [0.15, 0.2) is 0 Å². The summed E-state index contributed by atoms with van der Waals surface area (Å²) in [6.07, 6.45) is 3.96. The molecule has 14 heavy (non-hydrogen) atoms. The van der Waals surface area contributed by atoms with E-state index >= 15 is 0 Å². The Balaban J connectivity index is 2.58. The van der Waals surface area contributed by atoms with E-state index in [1.54, 1.807) is 13.8 Å². The zero-order valence-corrected chi connectivity index (χ0v) is 8.86. The predicted molar refractivity (Wildman–Crippen MR) is 54.5 cm³/mol. The molecule has 0 aromatic rings. The molecule has 1 atom stereocenters. The molecule has 80 valence electrons. The van der Waals surface area contributed by atoms with Crippen LogP contribution in [0.1, 0.15) is 39.5 Å². The monoisotopic (exact) mass is 198 g/mol. The molecule has 1 saturated heterocycles. The zero-order chi connectivity index (χ0) is 10.6. The third-order valence-electron chi connectivity index (χ3n) is 2.73. The summed E-state index contributed by atoms with van der Waals surface area (Å²) in [5, 5.41) is 11.7. The van der Waals surface area contributed by atoms with Crippen molar-refractivity contribution < 1.29 is 10.0 Å². The molecule has 1 amide bonds. The maximum Gasteiger partial charge on any atom is 0.219 e. The lowest BCUT2D eigenvalue weighted by molar-refractivity contribution is -0.132.